The molecule has 0 saturated carbocycles. The van der Waals surface area contributed by atoms with E-state index in [9.17, 15) is 9.18 Å². The second kappa shape index (κ2) is 6.71. The van der Waals surface area contributed by atoms with E-state index >= 15 is 0 Å². The van der Waals surface area contributed by atoms with E-state index < -0.39 is 6.10 Å². The highest BCUT2D eigenvalue weighted by Gasteiger charge is 2.28. The Hall–Kier alpha value is -2.20. The Morgan fingerprint density at radius 3 is 2.86 bits per heavy atom. The fraction of sp³-hybridized carbons (Fsp3) is 0.278. The van der Waals surface area contributed by atoms with Gasteiger partial charge in [0.2, 0.25) is 0 Å². The minimum Gasteiger partial charge on any atom is -0.487 e. The van der Waals surface area contributed by atoms with Crippen LogP contribution in [-0.2, 0) is 22.6 Å². The third kappa shape index (κ3) is 3.34. The summed E-state index contributed by atoms with van der Waals surface area (Å²) in [6, 6.07) is 14.1. The second-order valence-electron chi connectivity index (χ2n) is 5.34. The summed E-state index contributed by atoms with van der Waals surface area (Å²) in [6.07, 6.45) is 1.13. The summed E-state index contributed by atoms with van der Waals surface area (Å²) in [6.45, 7) is 0.361. The summed E-state index contributed by atoms with van der Waals surface area (Å²) >= 11 is 0. The number of ether oxygens (including phenoxy) is 2. The number of carbonyl (C=O) groups excluding carboxylic acids is 1. The van der Waals surface area contributed by atoms with Gasteiger partial charge in [0.1, 0.15) is 23.8 Å². The summed E-state index contributed by atoms with van der Waals surface area (Å²) in [7, 11) is 0. The fourth-order valence-corrected chi connectivity index (χ4v) is 2.61. The topological polar surface area (TPSA) is 35.5 Å². The number of rotatable bonds is 5. The Morgan fingerprint density at radius 2 is 2.09 bits per heavy atom. The number of benzene rings is 2. The summed E-state index contributed by atoms with van der Waals surface area (Å²) in [4.78, 5) is 11.3. The number of aldehydes is 1. The van der Waals surface area contributed by atoms with E-state index in [-0.39, 0.29) is 11.9 Å². The van der Waals surface area contributed by atoms with Gasteiger partial charge in [-0.3, -0.25) is 0 Å². The molecule has 114 valence electrons. The van der Waals surface area contributed by atoms with E-state index in [2.05, 4.69) is 0 Å². The molecule has 2 aromatic rings. The van der Waals surface area contributed by atoms with Crippen LogP contribution in [0.5, 0.6) is 5.75 Å². The van der Waals surface area contributed by atoms with Crippen LogP contribution in [0.2, 0.25) is 0 Å². The minimum atomic E-state index is -0.626. The van der Waals surface area contributed by atoms with E-state index in [0.29, 0.717) is 25.2 Å². The van der Waals surface area contributed by atoms with Gasteiger partial charge in [0, 0.05) is 0 Å². The van der Waals surface area contributed by atoms with Gasteiger partial charge >= 0.3 is 0 Å². The van der Waals surface area contributed by atoms with Gasteiger partial charge in [0.25, 0.3) is 0 Å². The van der Waals surface area contributed by atoms with Crippen LogP contribution in [0.4, 0.5) is 4.39 Å². The van der Waals surface area contributed by atoms with Crippen molar-refractivity contribution >= 4 is 6.29 Å². The summed E-state index contributed by atoms with van der Waals surface area (Å²) in [5, 5.41) is 0. The monoisotopic (exact) mass is 300 g/mol. The minimum absolute atomic E-state index is 0.270. The zero-order valence-corrected chi connectivity index (χ0v) is 12.1. The third-order valence-corrected chi connectivity index (χ3v) is 3.78. The molecule has 0 unspecified atom stereocenters. The van der Waals surface area contributed by atoms with Crippen LogP contribution < -0.4 is 4.74 Å². The Bertz CT molecular complexity index is 642. The van der Waals surface area contributed by atoms with Crippen molar-refractivity contribution in [2.24, 2.45) is 0 Å². The van der Waals surface area contributed by atoms with E-state index in [1.54, 1.807) is 6.07 Å². The Kier molecular flexibility index (Phi) is 4.49. The molecule has 22 heavy (non-hydrogen) atoms. The quantitative estimate of drug-likeness (QED) is 0.795. The molecule has 0 spiro atoms. The number of halogens is 1. The maximum Gasteiger partial charge on any atom is 0.152 e. The molecule has 0 radical (unpaired) electrons. The first-order valence-corrected chi connectivity index (χ1v) is 7.32. The Morgan fingerprint density at radius 1 is 1.27 bits per heavy atom. The molecule has 2 aromatic carbocycles. The molecule has 0 bridgehead atoms. The van der Waals surface area contributed by atoms with Crippen molar-refractivity contribution < 1.29 is 18.7 Å². The average molecular weight is 300 g/mol. The van der Waals surface area contributed by atoms with Crippen LogP contribution in [0.15, 0.2) is 48.5 Å². The maximum atomic E-state index is 13.2. The van der Waals surface area contributed by atoms with Crippen molar-refractivity contribution in [1.29, 1.82) is 0 Å². The SMILES string of the molecule is O=C[C@@H](OCc1ccccc1)[C@@H]1CCc2cc(F)ccc2O1. The average Bonchev–Trinajstić information content (AvgIpc) is 2.56. The maximum absolute atomic E-state index is 13.2. The number of hydrogen-bond donors (Lipinski definition) is 0. The lowest BCUT2D eigenvalue weighted by molar-refractivity contribution is -0.126. The predicted octanol–water partition coefficient (Wildman–Crippen LogP) is 3.30. The van der Waals surface area contributed by atoms with Gasteiger partial charge in [-0.15, -0.1) is 0 Å². The number of aryl methyl sites for hydroxylation is 1. The lowest BCUT2D eigenvalue weighted by atomic mass is 9.99. The van der Waals surface area contributed by atoms with E-state index in [4.69, 9.17) is 9.47 Å². The molecule has 0 fully saturated rings. The van der Waals surface area contributed by atoms with E-state index in [1.165, 1.54) is 12.1 Å². The van der Waals surface area contributed by atoms with Gasteiger partial charge in [-0.05, 0) is 42.2 Å². The summed E-state index contributed by atoms with van der Waals surface area (Å²) in [5.41, 5.74) is 1.84. The van der Waals surface area contributed by atoms with Crippen LogP contribution in [0.3, 0.4) is 0 Å². The number of carbonyl (C=O) groups is 1. The van der Waals surface area contributed by atoms with Crippen molar-refractivity contribution in [3.63, 3.8) is 0 Å². The molecule has 0 saturated heterocycles. The fourth-order valence-electron chi connectivity index (χ4n) is 2.61. The molecule has 0 aliphatic carbocycles. The van der Waals surface area contributed by atoms with Crippen molar-refractivity contribution in [3.8, 4) is 5.75 Å². The molecule has 3 rings (SSSR count). The van der Waals surface area contributed by atoms with Gasteiger partial charge in [0.15, 0.2) is 6.29 Å². The largest absolute Gasteiger partial charge is 0.487 e. The highest BCUT2D eigenvalue weighted by atomic mass is 19.1. The summed E-state index contributed by atoms with van der Waals surface area (Å²) in [5.74, 6) is 0.362. The second-order valence-corrected chi connectivity index (χ2v) is 5.34. The first kappa shape index (κ1) is 14.7. The van der Waals surface area contributed by atoms with Crippen LogP contribution in [-0.4, -0.2) is 18.5 Å². The number of hydrogen-bond acceptors (Lipinski definition) is 3. The highest BCUT2D eigenvalue weighted by Crippen LogP contribution is 2.29. The van der Waals surface area contributed by atoms with Gasteiger partial charge in [-0.2, -0.15) is 0 Å². The first-order valence-electron chi connectivity index (χ1n) is 7.32. The molecule has 1 heterocycles. The smallest absolute Gasteiger partial charge is 0.152 e. The van der Waals surface area contributed by atoms with Gasteiger partial charge in [0.05, 0.1) is 6.61 Å². The molecule has 0 amide bonds. The van der Waals surface area contributed by atoms with Crippen molar-refractivity contribution in [3.05, 3.63) is 65.5 Å². The lowest BCUT2D eigenvalue weighted by Crippen LogP contribution is -2.38. The number of fused-ring (bicyclic) bond motifs is 1. The molecule has 1 aliphatic heterocycles. The zero-order chi connectivity index (χ0) is 15.4. The molecule has 4 heteroatoms. The lowest BCUT2D eigenvalue weighted by Gasteiger charge is -2.29. The molecule has 3 nitrogen and oxygen atoms in total. The molecule has 2 atom stereocenters. The Labute approximate surface area is 128 Å². The van der Waals surface area contributed by atoms with Gasteiger partial charge in [-0.25, -0.2) is 4.39 Å². The molecule has 1 aliphatic rings. The Balaban J connectivity index is 1.65. The normalized spacial score (nSPS) is 18.1. The standard InChI is InChI=1S/C18H17FO3/c19-15-7-9-16-14(10-15)6-8-17(22-16)18(11-20)21-12-13-4-2-1-3-5-13/h1-5,7,9-11,17-18H,6,8,12H2/t17-,18+/m0/s1. The summed E-state index contributed by atoms with van der Waals surface area (Å²) < 4.78 is 24.7. The van der Waals surface area contributed by atoms with Crippen LogP contribution >= 0.6 is 0 Å². The van der Waals surface area contributed by atoms with Crippen LogP contribution in [0.1, 0.15) is 17.5 Å². The predicted molar refractivity (Wildman–Crippen MR) is 80.2 cm³/mol. The molecule has 0 N–H and O–H groups in total. The van der Waals surface area contributed by atoms with E-state index in [1.807, 2.05) is 30.3 Å². The molecule has 0 aromatic heterocycles. The highest BCUT2D eigenvalue weighted by molar-refractivity contribution is 5.57. The van der Waals surface area contributed by atoms with Gasteiger partial charge in [-0.1, -0.05) is 30.3 Å². The molecular weight excluding hydrogens is 283 g/mol. The van der Waals surface area contributed by atoms with Crippen LogP contribution in [0, 0.1) is 5.82 Å². The van der Waals surface area contributed by atoms with Crippen molar-refractivity contribution in [2.75, 3.05) is 0 Å². The van der Waals surface area contributed by atoms with E-state index in [0.717, 1.165) is 17.4 Å². The van der Waals surface area contributed by atoms with Crippen molar-refractivity contribution in [2.45, 2.75) is 31.7 Å². The zero-order valence-electron chi connectivity index (χ0n) is 12.1. The van der Waals surface area contributed by atoms with Crippen molar-refractivity contribution in [1.82, 2.24) is 0 Å². The third-order valence-electron chi connectivity index (χ3n) is 3.78. The van der Waals surface area contributed by atoms with Crippen LogP contribution in [0.25, 0.3) is 0 Å². The van der Waals surface area contributed by atoms with Gasteiger partial charge < -0.3 is 14.3 Å². The molecular formula is C18H17FO3. The first-order chi connectivity index (χ1) is 10.8.